The summed E-state index contributed by atoms with van der Waals surface area (Å²) < 4.78 is 5.81. The Hall–Kier alpha value is -3.07. The highest BCUT2D eigenvalue weighted by molar-refractivity contribution is 8.32. The molecule has 0 radical (unpaired) electrons. The third-order valence-corrected chi connectivity index (χ3v) is 10.2. The topological polar surface area (TPSA) is 103 Å². The van der Waals surface area contributed by atoms with Crippen molar-refractivity contribution in [3.63, 3.8) is 0 Å². The number of rotatable bonds is 15. The Kier molecular flexibility index (Phi) is 10.2. The van der Waals surface area contributed by atoms with E-state index >= 15 is 0 Å². The summed E-state index contributed by atoms with van der Waals surface area (Å²) >= 11 is 6.66. The fourth-order valence-electron chi connectivity index (χ4n) is 5.96. The number of allylic oxidation sites excluding steroid dienone is 2. The van der Waals surface area contributed by atoms with Gasteiger partial charge in [0.05, 0.1) is 12.5 Å². The molecule has 7 nitrogen and oxygen atoms in total. The third kappa shape index (κ3) is 8.34. The molecule has 1 heterocycles. The predicted molar refractivity (Wildman–Crippen MR) is 186 cm³/mol. The molecule has 0 spiro atoms. The van der Waals surface area contributed by atoms with E-state index in [4.69, 9.17) is 26.7 Å². The SMILES string of the molecule is CC(=N)/C(=C(/C)NCOCCS(C)(C)C)c1ccc(NC(=O)C(c2nc(-c3ccccc3)c(Cl)[nH]2)C(C2CC2)C2CC2)cc1. The van der Waals surface area contributed by atoms with Crippen LogP contribution in [0.4, 0.5) is 5.69 Å². The Labute approximate surface area is 268 Å². The fraction of sp³-hybridized carbons (Fsp3) is 0.457. The van der Waals surface area contributed by atoms with Crippen molar-refractivity contribution in [1.29, 1.82) is 5.41 Å². The number of carbonyl (C=O) groups is 1. The van der Waals surface area contributed by atoms with Crippen molar-refractivity contribution in [2.45, 2.75) is 45.4 Å². The van der Waals surface area contributed by atoms with Gasteiger partial charge in [-0.3, -0.25) is 4.79 Å². The molecule has 236 valence electrons. The van der Waals surface area contributed by atoms with Gasteiger partial charge < -0.3 is 25.8 Å². The second-order valence-corrected chi connectivity index (χ2v) is 18.1. The summed E-state index contributed by atoms with van der Waals surface area (Å²) in [7, 11) is -0.592. The number of carbonyl (C=O) groups excluding carboxylic acids is 1. The Balaban J connectivity index is 1.32. The maximum atomic E-state index is 14.1. The number of nitrogens with zero attached hydrogens (tertiary/aromatic N) is 1. The van der Waals surface area contributed by atoms with Crippen molar-refractivity contribution in [3.05, 3.63) is 76.8 Å². The highest BCUT2D eigenvalue weighted by Crippen LogP contribution is 2.55. The van der Waals surface area contributed by atoms with Gasteiger partial charge in [-0.15, -0.1) is 0 Å². The fourth-order valence-corrected chi connectivity index (χ4v) is 6.83. The van der Waals surface area contributed by atoms with Gasteiger partial charge in [-0.05, 0) is 93.7 Å². The molecular formula is C35H46ClN5O2S. The van der Waals surface area contributed by atoms with Crippen molar-refractivity contribution in [2.75, 3.05) is 43.2 Å². The summed E-state index contributed by atoms with van der Waals surface area (Å²) in [6, 6.07) is 17.6. The maximum Gasteiger partial charge on any atom is 0.235 e. The first-order valence-corrected chi connectivity index (χ1v) is 18.9. The Morgan fingerprint density at radius 1 is 1.05 bits per heavy atom. The minimum absolute atomic E-state index is 0.0577. The molecule has 4 N–H and O–H groups in total. The summed E-state index contributed by atoms with van der Waals surface area (Å²) in [5.41, 5.74) is 5.42. The molecule has 1 aromatic heterocycles. The maximum absolute atomic E-state index is 14.1. The summed E-state index contributed by atoms with van der Waals surface area (Å²) in [5, 5.41) is 15.4. The number of aromatic amines is 1. The summed E-state index contributed by atoms with van der Waals surface area (Å²) in [6.07, 6.45) is 11.5. The smallest absolute Gasteiger partial charge is 0.235 e. The van der Waals surface area contributed by atoms with Crippen LogP contribution >= 0.6 is 21.6 Å². The van der Waals surface area contributed by atoms with Gasteiger partial charge in [-0.2, -0.15) is 0 Å². The van der Waals surface area contributed by atoms with E-state index in [1.807, 2.05) is 61.5 Å². The van der Waals surface area contributed by atoms with Crippen LogP contribution < -0.4 is 10.6 Å². The number of imidazole rings is 1. The molecule has 9 heteroatoms. The number of amides is 1. The van der Waals surface area contributed by atoms with E-state index in [-0.39, 0.29) is 11.8 Å². The second-order valence-electron chi connectivity index (χ2n) is 13.1. The molecule has 2 aliphatic rings. The first-order valence-electron chi connectivity index (χ1n) is 15.5. The first kappa shape index (κ1) is 32.3. The van der Waals surface area contributed by atoms with E-state index in [1.54, 1.807) is 6.92 Å². The van der Waals surface area contributed by atoms with Gasteiger partial charge in [0.1, 0.15) is 23.4 Å². The minimum Gasteiger partial charge on any atom is -0.366 e. The zero-order chi connectivity index (χ0) is 31.4. The van der Waals surface area contributed by atoms with Gasteiger partial charge in [-0.25, -0.2) is 15.0 Å². The lowest BCUT2D eigenvalue weighted by Crippen LogP contribution is -2.31. The molecule has 1 amide bonds. The molecule has 3 aromatic rings. The molecule has 0 saturated heterocycles. The predicted octanol–water partition coefficient (Wildman–Crippen LogP) is 7.92. The monoisotopic (exact) mass is 635 g/mol. The third-order valence-electron chi connectivity index (χ3n) is 8.49. The second kappa shape index (κ2) is 13.9. The van der Waals surface area contributed by atoms with Gasteiger partial charge in [0, 0.05) is 34.0 Å². The van der Waals surface area contributed by atoms with Crippen LogP contribution in [0.5, 0.6) is 0 Å². The van der Waals surface area contributed by atoms with Crippen molar-refractivity contribution in [1.82, 2.24) is 15.3 Å². The Bertz CT molecular complexity index is 1480. The highest BCUT2D eigenvalue weighted by atomic mass is 35.5. The largest absolute Gasteiger partial charge is 0.366 e. The molecule has 2 fully saturated rings. The molecule has 44 heavy (non-hydrogen) atoms. The molecule has 1 atom stereocenters. The lowest BCUT2D eigenvalue weighted by Gasteiger charge is -2.25. The standard InChI is InChI=1S/C35H46ClN5O2S/c1-22(37)29(23(2)38-21-43-19-20-44(3,4)5)24-15-17-28(18-16-24)39-35(42)31(30(25-11-12-25)26-13-14-26)34-40-32(33(36)41-34)27-9-7-6-8-10-27/h6-10,15-18,25-26,30-31,37-38H,11-14,19-21H2,1-5H3,(H,39,42)(H,40,41)/b29-23+,37-22?. The molecule has 2 saturated carbocycles. The number of nitrogens with one attached hydrogen (secondary N) is 4. The number of halogens is 1. The Morgan fingerprint density at radius 3 is 2.25 bits per heavy atom. The van der Waals surface area contributed by atoms with Crippen LogP contribution in [0, 0.1) is 23.2 Å². The number of aromatic nitrogens is 2. The van der Waals surface area contributed by atoms with Crippen LogP contribution in [0.2, 0.25) is 5.15 Å². The van der Waals surface area contributed by atoms with Crippen molar-refractivity contribution in [3.8, 4) is 11.3 Å². The summed E-state index contributed by atoms with van der Waals surface area (Å²) in [4.78, 5) is 22.3. The van der Waals surface area contributed by atoms with Crippen LogP contribution in [0.25, 0.3) is 16.8 Å². The molecule has 1 unspecified atom stereocenters. The number of hydrogen-bond acceptors (Lipinski definition) is 5. The number of ether oxygens (including phenoxy) is 1. The van der Waals surface area contributed by atoms with Crippen LogP contribution in [0.1, 0.15) is 56.8 Å². The molecular weight excluding hydrogens is 590 g/mol. The number of hydrogen-bond donors (Lipinski definition) is 4. The van der Waals surface area contributed by atoms with E-state index < -0.39 is 15.9 Å². The van der Waals surface area contributed by atoms with Crippen LogP contribution in [0.15, 0.2) is 60.3 Å². The van der Waals surface area contributed by atoms with Crippen molar-refractivity contribution in [2.24, 2.45) is 17.8 Å². The van der Waals surface area contributed by atoms with E-state index in [1.165, 1.54) is 0 Å². The van der Waals surface area contributed by atoms with Crippen molar-refractivity contribution < 1.29 is 9.53 Å². The first-order chi connectivity index (χ1) is 21.0. The quantitative estimate of drug-likeness (QED) is 0.0774. The number of benzene rings is 2. The van der Waals surface area contributed by atoms with Crippen LogP contribution in [-0.2, 0) is 9.53 Å². The molecule has 2 aliphatic carbocycles. The van der Waals surface area contributed by atoms with Crippen molar-refractivity contribution >= 4 is 44.5 Å². The number of H-pyrrole nitrogens is 1. The summed E-state index contributed by atoms with van der Waals surface area (Å²) in [5.74, 6) is 2.57. The van der Waals surface area contributed by atoms with E-state index in [2.05, 4.69) is 34.4 Å². The molecule has 0 aliphatic heterocycles. The Morgan fingerprint density at radius 2 is 1.68 bits per heavy atom. The van der Waals surface area contributed by atoms with Gasteiger partial charge >= 0.3 is 0 Å². The lowest BCUT2D eigenvalue weighted by atomic mass is 9.82. The zero-order valence-electron chi connectivity index (χ0n) is 26.5. The molecule has 0 bridgehead atoms. The highest BCUT2D eigenvalue weighted by Gasteiger charge is 2.49. The number of anilines is 1. The lowest BCUT2D eigenvalue weighted by molar-refractivity contribution is -0.119. The zero-order valence-corrected chi connectivity index (χ0v) is 28.1. The van der Waals surface area contributed by atoms with E-state index in [0.29, 0.717) is 47.6 Å². The normalized spacial score (nSPS) is 16.8. The average molecular weight is 636 g/mol. The summed E-state index contributed by atoms with van der Waals surface area (Å²) in [6.45, 7) is 4.88. The van der Waals surface area contributed by atoms with E-state index in [9.17, 15) is 4.79 Å². The average Bonchev–Trinajstić information content (AvgIpc) is 3.91. The van der Waals surface area contributed by atoms with Gasteiger partial charge in [0.2, 0.25) is 5.91 Å². The van der Waals surface area contributed by atoms with Crippen LogP contribution in [-0.4, -0.2) is 59.4 Å². The minimum atomic E-state index is -0.592. The van der Waals surface area contributed by atoms with Gasteiger partial charge in [0.15, 0.2) is 0 Å². The van der Waals surface area contributed by atoms with Crippen LogP contribution in [0.3, 0.4) is 0 Å². The van der Waals surface area contributed by atoms with E-state index in [0.717, 1.165) is 59.5 Å². The van der Waals surface area contributed by atoms with Gasteiger partial charge in [-0.1, -0.05) is 54.1 Å². The van der Waals surface area contributed by atoms with Gasteiger partial charge in [0.25, 0.3) is 0 Å². The molecule has 5 rings (SSSR count). The molecule has 2 aromatic carbocycles.